The molecule has 1 aliphatic rings. The molecule has 106 valence electrons. The first-order valence-corrected chi connectivity index (χ1v) is 7.00. The molecular weight excluding hydrogens is 254 g/mol. The standard InChI is InChI=1S/C15H19N3O2/c1-20-12-6-7-13-14(8-12)18(15(19)9-17-13)11-4-2-10(16)3-5-11/h6-11H,2-5,16H2,1H3/t10-,11-. The van der Waals surface area contributed by atoms with Gasteiger partial charge in [-0.05, 0) is 37.8 Å². The smallest absolute Gasteiger partial charge is 0.269 e. The van der Waals surface area contributed by atoms with Crippen LogP contribution in [0, 0.1) is 0 Å². The summed E-state index contributed by atoms with van der Waals surface area (Å²) in [4.78, 5) is 16.5. The first-order chi connectivity index (χ1) is 9.69. The monoisotopic (exact) mass is 273 g/mol. The summed E-state index contributed by atoms with van der Waals surface area (Å²) >= 11 is 0. The maximum atomic E-state index is 12.2. The number of nitrogens with zero attached hydrogens (tertiary/aromatic N) is 2. The van der Waals surface area contributed by atoms with Gasteiger partial charge in [-0.1, -0.05) is 0 Å². The van der Waals surface area contributed by atoms with Gasteiger partial charge < -0.3 is 15.0 Å². The van der Waals surface area contributed by atoms with Crippen LogP contribution in [0.4, 0.5) is 0 Å². The van der Waals surface area contributed by atoms with Gasteiger partial charge >= 0.3 is 0 Å². The van der Waals surface area contributed by atoms with Gasteiger partial charge in [0.15, 0.2) is 0 Å². The number of fused-ring (bicyclic) bond motifs is 1. The van der Waals surface area contributed by atoms with E-state index in [0.29, 0.717) is 0 Å². The highest BCUT2D eigenvalue weighted by Crippen LogP contribution is 2.29. The lowest BCUT2D eigenvalue weighted by Gasteiger charge is -2.28. The fourth-order valence-corrected chi connectivity index (χ4v) is 2.97. The second-order valence-electron chi connectivity index (χ2n) is 5.39. The van der Waals surface area contributed by atoms with Crippen molar-refractivity contribution in [2.24, 2.45) is 5.73 Å². The van der Waals surface area contributed by atoms with E-state index in [-0.39, 0.29) is 17.6 Å². The number of rotatable bonds is 2. The highest BCUT2D eigenvalue weighted by atomic mass is 16.5. The molecule has 0 unspecified atom stereocenters. The van der Waals surface area contributed by atoms with Gasteiger partial charge in [0.05, 0.1) is 24.3 Å². The third-order valence-corrected chi connectivity index (χ3v) is 4.10. The van der Waals surface area contributed by atoms with E-state index in [4.69, 9.17) is 10.5 Å². The molecule has 0 radical (unpaired) electrons. The van der Waals surface area contributed by atoms with Crippen LogP contribution in [0.5, 0.6) is 5.75 Å². The molecule has 1 saturated carbocycles. The zero-order valence-corrected chi connectivity index (χ0v) is 11.6. The largest absolute Gasteiger partial charge is 0.497 e. The predicted molar refractivity (Wildman–Crippen MR) is 78.0 cm³/mol. The van der Waals surface area contributed by atoms with Gasteiger partial charge in [0.25, 0.3) is 5.56 Å². The molecule has 0 spiro atoms. The molecule has 1 aliphatic carbocycles. The van der Waals surface area contributed by atoms with Crippen LogP contribution in [0.2, 0.25) is 0 Å². The average molecular weight is 273 g/mol. The van der Waals surface area contributed by atoms with Crippen molar-refractivity contribution in [3.63, 3.8) is 0 Å². The van der Waals surface area contributed by atoms with Crippen LogP contribution in [-0.4, -0.2) is 22.7 Å². The normalized spacial score (nSPS) is 22.9. The number of hydrogen-bond donors (Lipinski definition) is 1. The van der Waals surface area contributed by atoms with E-state index in [1.54, 1.807) is 7.11 Å². The van der Waals surface area contributed by atoms with Crippen molar-refractivity contribution < 1.29 is 4.74 Å². The van der Waals surface area contributed by atoms with Gasteiger partial charge in [0, 0.05) is 18.2 Å². The lowest BCUT2D eigenvalue weighted by molar-refractivity contribution is 0.324. The van der Waals surface area contributed by atoms with E-state index < -0.39 is 0 Å². The molecule has 5 nitrogen and oxygen atoms in total. The molecule has 2 aromatic rings. The molecule has 1 aromatic carbocycles. The highest BCUT2D eigenvalue weighted by Gasteiger charge is 2.22. The summed E-state index contributed by atoms with van der Waals surface area (Å²) in [5.74, 6) is 0.742. The third-order valence-electron chi connectivity index (χ3n) is 4.10. The van der Waals surface area contributed by atoms with Crippen LogP contribution in [0.3, 0.4) is 0 Å². The molecule has 1 fully saturated rings. The summed E-state index contributed by atoms with van der Waals surface area (Å²) < 4.78 is 7.12. The van der Waals surface area contributed by atoms with E-state index in [0.717, 1.165) is 42.5 Å². The minimum absolute atomic E-state index is 0.0498. The SMILES string of the molecule is COc1ccc2ncc(=O)n([C@H]3CC[C@H](N)CC3)c2c1. The summed E-state index contributed by atoms with van der Waals surface area (Å²) in [6, 6.07) is 6.11. The zero-order chi connectivity index (χ0) is 14.1. The Labute approximate surface area is 117 Å². The number of methoxy groups -OCH3 is 1. The van der Waals surface area contributed by atoms with Crippen molar-refractivity contribution in [3.05, 3.63) is 34.7 Å². The van der Waals surface area contributed by atoms with Crippen molar-refractivity contribution in [1.82, 2.24) is 9.55 Å². The second kappa shape index (κ2) is 5.25. The van der Waals surface area contributed by atoms with Crippen LogP contribution in [0.15, 0.2) is 29.2 Å². The minimum atomic E-state index is -0.0498. The van der Waals surface area contributed by atoms with Crippen LogP contribution < -0.4 is 16.0 Å². The van der Waals surface area contributed by atoms with Gasteiger partial charge in [0.2, 0.25) is 0 Å². The van der Waals surface area contributed by atoms with E-state index in [9.17, 15) is 4.79 Å². The fraction of sp³-hybridized carbons (Fsp3) is 0.467. The number of aromatic nitrogens is 2. The van der Waals surface area contributed by atoms with E-state index in [1.165, 1.54) is 6.20 Å². The van der Waals surface area contributed by atoms with E-state index in [1.807, 2.05) is 22.8 Å². The quantitative estimate of drug-likeness (QED) is 0.906. The maximum absolute atomic E-state index is 12.2. The molecule has 1 aromatic heterocycles. The third kappa shape index (κ3) is 2.29. The molecule has 0 aliphatic heterocycles. The molecular formula is C15H19N3O2. The molecule has 1 heterocycles. The number of benzene rings is 1. The molecule has 20 heavy (non-hydrogen) atoms. The molecule has 3 rings (SSSR count). The Morgan fingerprint density at radius 3 is 2.75 bits per heavy atom. The molecule has 0 bridgehead atoms. The van der Waals surface area contributed by atoms with Crippen molar-refractivity contribution in [2.75, 3.05) is 7.11 Å². The van der Waals surface area contributed by atoms with Crippen LogP contribution >= 0.6 is 0 Å². The topological polar surface area (TPSA) is 70.1 Å². The van der Waals surface area contributed by atoms with Crippen LogP contribution in [-0.2, 0) is 0 Å². The van der Waals surface area contributed by atoms with E-state index in [2.05, 4.69) is 4.98 Å². The summed E-state index contributed by atoms with van der Waals surface area (Å²) in [5, 5.41) is 0. The van der Waals surface area contributed by atoms with Gasteiger partial charge in [-0.3, -0.25) is 4.79 Å². The Bertz CT molecular complexity index is 672. The molecule has 0 atom stereocenters. The van der Waals surface area contributed by atoms with Gasteiger partial charge in [0.1, 0.15) is 5.75 Å². The number of hydrogen-bond acceptors (Lipinski definition) is 4. The maximum Gasteiger partial charge on any atom is 0.269 e. The minimum Gasteiger partial charge on any atom is -0.497 e. The van der Waals surface area contributed by atoms with Gasteiger partial charge in [-0.15, -0.1) is 0 Å². The Morgan fingerprint density at radius 2 is 2.05 bits per heavy atom. The number of nitrogens with two attached hydrogens (primary N) is 1. The Kier molecular flexibility index (Phi) is 3.44. The fourth-order valence-electron chi connectivity index (χ4n) is 2.97. The summed E-state index contributed by atoms with van der Waals surface area (Å²) in [5.41, 5.74) is 7.57. The highest BCUT2D eigenvalue weighted by molar-refractivity contribution is 5.76. The summed E-state index contributed by atoms with van der Waals surface area (Å²) in [7, 11) is 1.62. The Hall–Kier alpha value is -1.88. The average Bonchev–Trinajstić information content (AvgIpc) is 2.48. The summed E-state index contributed by atoms with van der Waals surface area (Å²) in [6.07, 6.45) is 5.22. The van der Waals surface area contributed by atoms with Crippen molar-refractivity contribution in [1.29, 1.82) is 0 Å². The first kappa shape index (κ1) is 13.1. The van der Waals surface area contributed by atoms with Crippen molar-refractivity contribution in [3.8, 4) is 5.75 Å². The second-order valence-corrected chi connectivity index (χ2v) is 5.39. The van der Waals surface area contributed by atoms with E-state index >= 15 is 0 Å². The molecule has 0 saturated heterocycles. The Balaban J connectivity index is 2.12. The molecule has 2 N–H and O–H groups in total. The zero-order valence-electron chi connectivity index (χ0n) is 11.6. The lowest BCUT2D eigenvalue weighted by Crippen LogP contribution is -2.32. The molecule has 5 heteroatoms. The summed E-state index contributed by atoms with van der Waals surface area (Å²) in [6.45, 7) is 0. The first-order valence-electron chi connectivity index (χ1n) is 7.00. The van der Waals surface area contributed by atoms with Gasteiger partial charge in [-0.25, -0.2) is 4.98 Å². The predicted octanol–water partition coefficient (Wildman–Crippen LogP) is 1.85. The Morgan fingerprint density at radius 1 is 1.30 bits per heavy atom. The van der Waals surface area contributed by atoms with Crippen molar-refractivity contribution in [2.45, 2.75) is 37.8 Å². The van der Waals surface area contributed by atoms with Crippen LogP contribution in [0.25, 0.3) is 11.0 Å². The van der Waals surface area contributed by atoms with Crippen molar-refractivity contribution >= 4 is 11.0 Å². The lowest BCUT2D eigenvalue weighted by atomic mass is 9.91. The van der Waals surface area contributed by atoms with Crippen LogP contribution in [0.1, 0.15) is 31.7 Å². The molecule has 0 amide bonds. The van der Waals surface area contributed by atoms with Gasteiger partial charge in [-0.2, -0.15) is 0 Å². The number of ether oxygens (including phenoxy) is 1.